The molecule has 0 spiro atoms. The number of rotatable bonds is 4. The van der Waals surface area contributed by atoms with Crippen molar-refractivity contribution in [2.75, 3.05) is 11.9 Å². The number of anilines is 1. The number of benzene rings is 2. The maximum absolute atomic E-state index is 12.4. The number of nitrogens with one attached hydrogen (secondary N) is 1. The van der Waals surface area contributed by atoms with Crippen LogP contribution in [0.5, 0.6) is 0 Å². The SMILES string of the molecule is CCOC(=O)c1cc2cc(NC(=O)c3cc4ccccc4o3)ccc2o1. The third-order valence-electron chi connectivity index (χ3n) is 3.90. The predicted molar refractivity (Wildman–Crippen MR) is 96.3 cm³/mol. The summed E-state index contributed by atoms with van der Waals surface area (Å²) in [5.41, 5.74) is 1.76. The normalized spacial score (nSPS) is 11.0. The zero-order chi connectivity index (χ0) is 18.1. The van der Waals surface area contributed by atoms with Gasteiger partial charge in [-0.3, -0.25) is 4.79 Å². The smallest absolute Gasteiger partial charge is 0.374 e. The highest BCUT2D eigenvalue weighted by Crippen LogP contribution is 2.25. The van der Waals surface area contributed by atoms with Crippen LogP contribution in [0.15, 0.2) is 63.4 Å². The molecule has 4 aromatic rings. The zero-order valence-corrected chi connectivity index (χ0v) is 13.9. The molecule has 0 atom stereocenters. The molecule has 0 bridgehead atoms. The second-order valence-electron chi connectivity index (χ2n) is 5.69. The van der Waals surface area contributed by atoms with E-state index in [-0.39, 0.29) is 24.0 Å². The lowest BCUT2D eigenvalue weighted by Gasteiger charge is -2.02. The number of ether oxygens (including phenoxy) is 1. The van der Waals surface area contributed by atoms with Crippen molar-refractivity contribution in [2.45, 2.75) is 6.92 Å². The van der Waals surface area contributed by atoms with Gasteiger partial charge in [-0.15, -0.1) is 0 Å². The van der Waals surface area contributed by atoms with Gasteiger partial charge in [0.15, 0.2) is 5.76 Å². The van der Waals surface area contributed by atoms with E-state index in [2.05, 4.69) is 5.32 Å². The largest absolute Gasteiger partial charge is 0.460 e. The van der Waals surface area contributed by atoms with Gasteiger partial charge in [0, 0.05) is 16.5 Å². The van der Waals surface area contributed by atoms with Crippen molar-refractivity contribution in [2.24, 2.45) is 0 Å². The first-order valence-corrected chi connectivity index (χ1v) is 8.14. The van der Waals surface area contributed by atoms with Gasteiger partial charge in [0.2, 0.25) is 5.76 Å². The first-order valence-electron chi connectivity index (χ1n) is 8.14. The highest BCUT2D eigenvalue weighted by molar-refractivity contribution is 6.05. The minimum atomic E-state index is -0.517. The van der Waals surface area contributed by atoms with E-state index >= 15 is 0 Å². The molecule has 0 saturated carbocycles. The van der Waals surface area contributed by atoms with Crippen LogP contribution in [0, 0.1) is 0 Å². The Bertz CT molecular complexity index is 1090. The quantitative estimate of drug-likeness (QED) is 0.544. The Kier molecular flexibility index (Phi) is 3.93. The fraction of sp³-hybridized carbons (Fsp3) is 0.100. The molecule has 1 N–H and O–H groups in total. The Morgan fingerprint density at radius 1 is 0.923 bits per heavy atom. The van der Waals surface area contributed by atoms with Crippen LogP contribution in [-0.4, -0.2) is 18.5 Å². The topological polar surface area (TPSA) is 81.7 Å². The summed E-state index contributed by atoms with van der Waals surface area (Å²) in [6.45, 7) is 2.00. The van der Waals surface area contributed by atoms with Gasteiger partial charge in [-0.2, -0.15) is 0 Å². The molecule has 0 fully saturated rings. The van der Waals surface area contributed by atoms with Gasteiger partial charge in [0.1, 0.15) is 11.2 Å². The number of amides is 1. The fourth-order valence-corrected chi connectivity index (χ4v) is 2.71. The number of carbonyl (C=O) groups excluding carboxylic acids is 2. The van der Waals surface area contributed by atoms with Gasteiger partial charge in [-0.1, -0.05) is 18.2 Å². The molecule has 6 nitrogen and oxygen atoms in total. The summed E-state index contributed by atoms with van der Waals surface area (Å²) in [7, 11) is 0. The van der Waals surface area contributed by atoms with Crippen molar-refractivity contribution in [1.29, 1.82) is 0 Å². The van der Waals surface area contributed by atoms with Crippen molar-refractivity contribution < 1.29 is 23.2 Å². The number of fused-ring (bicyclic) bond motifs is 2. The van der Waals surface area contributed by atoms with E-state index in [1.165, 1.54) is 0 Å². The number of furan rings is 2. The summed E-state index contributed by atoms with van der Waals surface area (Å²) in [6, 6.07) is 15.8. The van der Waals surface area contributed by atoms with Crippen LogP contribution in [-0.2, 0) is 4.74 Å². The highest BCUT2D eigenvalue weighted by atomic mass is 16.5. The standard InChI is InChI=1S/C20H15NO5/c1-2-24-20(23)18-11-13-9-14(7-8-16(13)26-18)21-19(22)17-10-12-5-3-4-6-15(12)25-17/h3-11H,2H2,1H3,(H,21,22). The van der Waals surface area contributed by atoms with E-state index in [1.54, 1.807) is 43.3 Å². The van der Waals surface area contributed by atoms with Crippen LogP contribution < -0.4 is 5.32 Å². The predicted octanol–water partition coefficient (Wildman–Crippen LogP) is 4.61. The van der Waals surface area contributed by atoms with Gasteiger partial charge in [0.05, 0.1) is 6.61 Å². The summed E-state index contributed by atoms with van der Waals surface area (Å²) in [5, 5.41) is 4.34. The molecule has 4 rings (SSSR count). The van der Waals surface area contributed by atoms with Crippen molar-refractivity contribution in [1.82, 2.24) is 0 Å². The lowest BCUT2D eigenvalue weighted by Crippen LogP contribution is -2.10. The van der Waals surface area contributed by atoms with Crippen molar-refractivity contribution in [3.63, 3.8) is 0 Å². The second kappa shape index (κ2) is 6.40. The van der Waals surface area contributed by atoms with Crippen LogP contribution in [0.4, 0.5) is 5.69 Å². The minimum Gasteiger partial charge on any atom is -0.460 e. The Hall–Kier alpha value is -3.54. The Balaban J connectivity index is 1.58. The number of hydrogen-bond donors (Lipinski definition) is 1. The molecule has 1 amide bonds. The van der Waals surface area contributed by atoms with E-state index < -0.39 is 5.97 Å². The van der Waals surface area contributed by atoms with Crippen LogP contribution in [0.3, 0.4) is 0 Å². The Morgan fingerprint density at radius 2 is 1.65 bits per heavy atom. The fourth-order valence-electron chi connectivity index (χ4n) is 2.71. The van der Waals surface area contributed by atoms with E-state index in [0.717, 1.165) is 5.39 Å². The molecule has 2 aromatic heterocycles. The average Bonchev–Trinajstić information content (AvgIpc) is 3.25. The molecule has 130 valence electrons. The van der Waals surface area contributed by atoms with Crippen LogP contribution in [0.2, 0.25) is 0 Å². The van der Waals surface area contributed by atoms with Crippen LogP contribution in [0.1, 0.15) is 28.0 Å². The summed E-state index contributed by atoms with van der Waals surface area (Å²) in [4.78, 5) is 24.2. The number of carbonyl (C=O) groups is 2. The molecule has 0 aliphatic carbocycles. The van der Waals surface area contributed by atoms with Gasteiger partial charge >= 0.3 is 5.97 Å². The summed E-state index contributed by atoms with van der Waals surface area (Å²) in [6.07, 6.45) is 0. The summed E-state index contributed by atoms with van der Waals surface area (Å²) in [5.74, 6) is -0.514. The first kappa shape index (κ1) is 16.0. The molecule has 2 heterocycles. The van der Waals surface area contributed by atoms with E-state index in [1.807, 2.05) is 18.2 Å². The minimum absolute atomic E-state index is 0.127. The van der Waals surface area contributed by atoms with Gasteiger partial charge in [0.25, 0.3) is 5.91 Å². The lowest BCUT2D eigenvalue weighted by molar-refractivity contribution is 0.0492. The lowest BCUT2D eigenvalue weighted by atomic mass is 10.2. The highest BCUT2D eigenvalue weighted by Gasteiger charge is 2.15. The maximum Gasteiger partial charge on any atom is 0.374 e. The molecular formula is C20H15NO5. The van der Waals surface area contributed by atoms with Gasteiger partial charge in [-0.25, -0.2) is 4.79 Å². The van der Waals surface area contributed by atoms with E-state index in [9.17, 15) is 9.59 Å². The molecule has 2 aromatic carbocycles. The molecule has 0 aliphatic rings. The zero-order valence-electron chi connectivity index (χ0n) is 13.9. The van der Waals surface area contributed by atoms with E-state index in [4.69, 9.17) is 13.6 Å². The van der Waals surface area contributed by atoms with Gasteiger partial charge in [-0.05, 0) is 43.3 Å². The molecule has 6 heteroatoms. The third kappa shape index (κ3) is 2.93. The van der Waals surface area contributed by atoms with Crippen molar-refractivity contribution in [3.8, 4) is 0 Å². The molecule has 0 aliphatic heterocycles. The summed E-state index contributed by atoms with van der Waals surface area (Å²) >= 11 is 0. The molecule has 0 saturated heterocycles. The van der Waals surface area contributed by atoms with Crippen molar-refractivity contribution >= 4 is 39.5 Å². The number of para-hydroxylation sites is 1. The maximum atomic E-state index is 12.4. The molecular weight excluding hydrogens is 334 g/mol. The van der Waals surface area contributed by atoms with E-state index in [0.29, 0.717) is 22.2 Å². The Labute approximate surface area is 148 Å². The molecule has 26 heavy (non-hydrogen) atoms. The molecule has 0 unspecified atom stereocenters. The Morgan fingerprint density at radius 3 is 2.46 bits per heavy atom. The third-order valence-corrected chi connectivity index (χ3v) is 3.90. The number of esters is 1. The number of hydrogen-bond acceptors (Lipinski definition) is 5. The summed E-state index contributed by atoms with van der Waals surface area (Å²) < 4.78 is 15.9. The van der Waals surface area contributed by atoms with Crippen LogP contribution >= 0.6 is 0 Å². The average molecular weight is 349 g/mol. The van der Waals surface area contributed by atoms with Crippen molar-refractivity contribution in [3.05, 3.63) is 66.1 Å². The second-order valence-corrected chi connectivity index (χ2v) is 5.69. The first-order chi connectivity index (χ1) is 12.6. The van der Waals surface area contributed by atoms with Gasteiger partial charge < -0.3 is 18.9 Å². The molecule has 0 radical (unpaired) electrons. The van der Waals surface area contributed by atoms with Crippen LogP contribution in [0.25, 0.3) is 21.9 Å². The monoisotopic (exact) mass is 349 g/mol.